The van der Waals surface area contributed by atoms with Crippen LogP contribution in [0.2, 0.25) is 0 Å². The molecular weight excluding hydrogens is 264 g/mol. The summed E-state index contributed by atoms with van der Waals surface area (Å²) in [6.45, 7) is 8.48. The molecule has 0 N–H and O–H groups in total. The summed E-state index contributed by atoms with van der Waals surface area (Å²) < 4.78 is 0. The molecule has 0 nitrogen and oxygen atoms in total. The minimum Gasteiger partial charge on any atom is -0.103 e. The largest absolute Gasteiger partial charge is 0.103 e. The van der Waals surface area contributed by atoms with E-state index in [-0.39, 0.29) is 0 Å². The fourth-order valence-corrected chi connectivity index (χ4v) is 4.16. The van der Waals surface area contributed by atoms with E-state index < -0.39 is 0 Å². The quantitative estimate of drug-likeness (QED) is 0.356. The average molecular weight is 299 g/mol. The molecule has 1 saturated carbocycles. The number of hydrogen-bond donors (Lipinski definition) is 0. The van der Waals surface area contributed by atoms with Gasteiger partial charge in [0.1, 0.15) is 0 Å². The molecule has 1 aromatic carbocycles. The Morgan fingerprint density at radius 2 is 1.77 bits per heavy atom. The van der Waals surface area contributed by atoms with Gasteiger partial charge in [-0.2, -0.15) is 0 Å². The van der Waals surface area contributed by atoms with Crippen molar-refractivity contribution in [3.05, 3.63) is 48.0 Å². The highest BCUT2D eigenvalue weighted by molar-refractivity contribution is 5.25. The van der Waals surface area contributed by atoms with Crippen LogP contribution < -0.4 is 0 Å². The van der Waals surface area contributed by atoms with Crippen molar-refractivity contribution >= 4 is 0 Å². The lowest BCUT2D eigenvalue weighted by Gasteiger charge is -2.34. The van der Waals surface area contributed by atoms with Crippen molar-refractivity contribution in [2.75, 3.05) is 0 Å². The van der Waals surface area contributed by atoms with Crippen LogP contribution >= 0.6 is 0 Å². The zero-order valence-electron chi connectivity index (χ0n) is 14.7. The maximum Gasteiger partial charge on any atom is -0.00991 e. The monoisotopic (exact) mass is 298 g/mol. The topological polar surface area (TPSA) is 0 Å². The van der Waals surface area contributed by atoms with Crippen LogP contribution in [0.25, 0.3) is 0 Å². The van der Waals surface area contributed by atoms with Crippen molar-refractivity contribution in [1.29, 1.82) is 0 Å². The van der Waals surface area contributed by atoms with E-state index in [0.29, 0.717) is 5.92 Å². The summed E-state index contributed by atoms with van der Waals surface area (Å²) in [5.74, 6) is 2.56. The van der Waals surface area contributed by atoms with Gasteiger partial charge in [-0.15, -0.1) is 6.58 Å². The predicted molar refractivity (Wildman–Crippen MR) is 98.3 cm³/mol. The van der Waals surface area contributed by atoms with E-state index in [9.17, 15) is 0 Å². The van der Waals surface area contributed by atoms with E-state index >= 15 is 0 Å². The lowest BCUT2D eigenvalue weighted by atomic mass is 9.71. The zero-order chi connectivity index (χ0) is 15.8. The molecule has 0 saturated heterocycles. The average Bonchev–Trinajstić information content (AvgIpc) is 2.55. The SMILES string of the molecule is C=CCC(c1ccc(C)cc1)C1CCC(CCCCC)CC1. The molecule has 1 aromatic rings. The Bertz CT molecular complexity index is 420. The van der Waals surface area contributed by atoms with Gasteiger partial charge in [0.15, 0.2) is 0 Å². The Hall–Kier alpha value is -1.04. The summed E-state index contributed by atoms with van der Waals surface area (Å²) in [6.07, 6.45) is 14.7. The molecule has 1 unspecified atom stereocenters. The molecule has 1 atom stereocenters. The molecule has 2 rings (SSSR count). The van der Waals surface area contributed by atoms with Gasteiger partial charge >= 0.3 is 0 Å². The van der Waals surface area contributed by atoms with Gasteiger partial charge in [-0.05, 0) is 49.5 Å². The van der Waals surface area contributed by atoms with Gasteiger partial charge in [-0.3, -0.25) is 0 Å². The molecule has 0 amide bonds. The predicted octanol–water partition coefficient (Wildman–Crippen LogP) is 7.04. The van der Waals surface area contributed by atoms with E-state index in [1.165, 1.54) is 62.5 Å². The molecule has 0 radical (unpaired) electrons. The Kier molecular flexibility index (Phi) is 7.22. The maximum atomic E-state index is 4.00. The Morgan fingerprint density at radius 1 is 1.09 bits per heavy atom. The van der Waals surface area contributed by atoms with Crippen LogP contribution in [0.5, 0.6) is 0 Å². The molecule has 0 spiro atoms. The van der Waals surface area contributed by atoms with Crippen molar-refractivity contribution in [2.45, 2.75) is 77.6 Å². The smallest absolute Gasteiger partial charge is 0.00991 e. The van der Waals surface area contributed by atoms with Gasteiger partial charge in [0.25, 0.3) is 0 Å². The van der Waals surface area contributed by atoms with Crippen LogP contribution in [-0.2, 0) is 0 Å². The highest BCUT2D eigenvalue weighted by Gasteiger charge is 2.27. The van der Waals surface area contributed by atoms with Gasteiger partial charge in [-0.25, -0.2) is 0 Å². The van der Waals surface area contributed by atoms with E-state index in [1.54, 1.807) is 0 Å². The molecule has 1 fully saturated rings. The summed E-state index contributed by atoms with van der Waals surface area (Å²) in [6, 6.07) is 9.22. The third kappa shape index (κ3) is 5.00. The van der Waals surface area contributed by atoms with Crippen LogP contribution in [0.3, 0.4) is 0 Å². The molecule has 1 aliphatic rings. The van der Waals surface area contributed by atoms with Crippen molar-refractivity contribution in [3.8, 4) is 0 Å². The van der Waals surface area contributed by atoms with E-state index in [4.69, 9.17) is 0 Å². The first-order chi connectivity index (χ1) is 10.7. The fraction of sp³-hybridized carbons (Fsp3) is 0.636. The van der Waals surface area contributed by atoms with Gasteiger partial charge in [0.2, 0.25) is 0 Å². The molecular formula is C22H34. The summed E-state index contributed by atoms with van der Waals surface area (Å²) >= 11 is 0. The third-order valence-corrected chi connectivity index (χ3v) is 5.60. The minimum atomic E-state index is 0.690. The number of allylic oxidation sites excluding steroid dienone is 1. The highest BCUT2D eigenvalue weighted by Crippen LogP contribution is 2.41. The Morgan fingerprint density at radius 3 is 2.36 bits per heavy atom. The second-order valence-electron chi connectivity index (χ2n) is 7.32. The molecule has 0 bridgehead atoms. The van der Waals surface area contributed by atoms with E-state index in [0.717, 1.165) is 18.3 Å². The lowest BCUT2D eigenvalue weighted by molar-refractivity contribution is 0.230. The van der Waals surface area contributed by atoms with Crippen molar-refractivity contribution in [2.24, 2.45) is 11.8 Å². The Balaban J connectivity index is 1.91. The van der Waals surface area contributed by atoms with Gasteiger partial charge < -0.3 is 0 Å². The standard InChI is InChI=1S/C22H34/c1-4-6-7-9-19-12-16-21(17-13-19)22(8-5-2)20-14-10-18(3)11-15-20/h5,10-11,14-15,19,21-22H,2,4,6-9,12-13,16-17H2,1,3H3. The summed E-state index contributed by atoms with van der Waals surface area (Å²) in [5.41, 5.74) is 2.89. The van der Waals surface area contributed by atoms with Crippen LogP contribution in [0.4, 0.5) is 0 Å². The van der Waals surface area contributed by atoms with E-state index in [1.807, 2.05) is 0 Å². The molecule has 22 heavy (non-hydrogen) atoms. The van der Waals surface area contributed by atoms with Crippen LogP contribution in [0.1, 0.15) is 81.8 Å². The first-order valence-corrected chi connectivity index (χ1v) is 9.42. The molecule has 1 aliphatic carbocycles. The van der Waals surface area contributed by atoms with Crippen molar-refractivity contribution in [3.63, 3.8) is 0 Å². The number of hydrogen-bond acceptors (Lipinski definition) is 0. The fourth-order valence-electron chi connectivity index (χ4n) is 4.16. The second-order valence-corrected chi connectivity index (χ2v) is 7.32. The van der Waals surface area contributed by atoms with Crippen LogP contribution in [0.15, 0.2) is 36.9 Å². The first-order valence-electron chi connectivity index (χ1n) is 9.42. The first kappa shape index (κ1) is 17.3. The minimum absolute atomic E-state index is 0.690. The second kappa shape index (κ2) is 9.18. The summed E-state index contributed by atoms with van der Waals surface area (Å²) in [5, 5.41) is 0. The third-order valence-electron chi connectivity index (χ3n) is 5.60. The normalized spacial score (nSPS) is 23.2. The number of aryl methyl sites for hydroxylation is 1. The molecule has 0 aliphatic heterocycles. The van der Waals surface area contributed by atoms with Crippen molar-refractivity contribution < 1.29 is 0 Å². The summed E-state index contributed by atoms with van der Waals surface area (Å²) in [7, 11) is 0. The zero-order valence-corrected chi connectivity index (χ0v) is 14.7. The lowest BCUT2D eigenvalue weighted by Crippen LogP contribution is -2.20. The van der Waals surface area contributed by atoms with E-state index in [2.05, 4.69) is 50.8 Å². The molecule has 0 heterocycles. The van der Waals surface area contributed by atoms with Crippen LogP contribution in [-0.4, -0.2) is 0 Å². The highest BCUT2D eigenvalue weighted by atomic mass is 14.3. The number of benzene rings is 1. The van der Waals surface area contributed by atoms with Gasteiger partial charge in [0, 0.05) is 0 Å². The summed E-state index contributed by atoms with van der Waals surface area (Å²) in [4.78, 5) is 0. The maximum absolute atomic E-state index is 4.00. The number of rotatable bonds is 8. The van der Waals surface area contributed by atoms with Crippen LogP contribution in [0, 0.1) is 18.8 Å². The van der Waals surface area contributed by atoms with Crippen molar-refractivity contribution in [1.82, 2.24) is 0 Å². The molecule has 0 aromatic heterocycles. The molecule has 122 valence electrons. The number of unbranched alkanes of at least 4 members (excludes halogenated alkanes) is 2. The molecule has 0 heteroatoms. The van der Waals surface area contributed by atoms with Gasteiger partial charge in [0.05, 0.1) is 0 Å². The Labute approximate surface area is 138 Å². The van der Waals surface area contributed by atoms with Gasteiger partial charge in [-0.1, -0.05) is 81.4 Å².